The first-order valence-electron chi connectivity index (χ1n) is 3.31. The van der Waals surface area contributed by atoms with Gasteiger partial charge in [-0.05, 0) is 6.07 Å². The largest absolute Gasteiger partial charge is 0.387 e. The molecule has 6 heteroatoms. The molecule has 1 aromatic rings. The van der Waals surface area contributed by atoms with Crippen LogP contribution in [0.25, 0.3) is 0 Å². The normalized spacial score (nSPS) is 28.5. The van der Waals surface area contributed by atoms with E-state index in [0.717, 1.165) is 0 Å². The molecule has 2 atom stereocenters. The average Bonchev–Trinajstić information content (AvgIpc) is 2.41. The fraction of sp³-hybridized carbons (Fsp3) is 0.333. The molecule has 0 aliphatic carbocycles. The molecule has 0 amide bonds. The molecule has 2 heterocycles. The van der Waals surface area contributed by atoms with Gasteiger partial charge >= 0.3 is 0 Å². The molecule has 0 saturated heterocycles. The third kappa shape index (κ3) is 1.31. The maximum atomic E-state index is 11.3. The minimum Gasteiger partial charge on any atom is -0.387 e. The van der Waals surface area contributed by atoms with Gasteiger partial charge in [0.05, 0.1) is 10.4 Å². The van der Waals surface area contributed by atoms with Crippen LogP contribution in [-0.4, -0.2) is 15.9 Å². The maximum absolute atomic E-state index is 11.3. The van der Waals surface area contributed by atoms with Gasteiger partial charge in [0.25, 0.3) is 0 Å². The van der Waals surface area contributed by atoms with Gasteiger partial charge in [-0.3, -0.25) is 0 Å². The number of rotatable bonds is 0. The van der Waals surface area contributed by atoms with Gasteiger partial charge in [-0.2, -0.15) is 0 Å². The van der Waals surface area contributed by atoms with E-state index >= 15 is 0 Å². The topological polar surface area (TPSA) is 49.3 Å². The minimum atomic E-state index is -1.19. The Bertz CT molecular complexity index is 338. The van der Waals surface area contributed by atoms with Crippen molar-refractivity contribution in [2.24, 2.45) is 0 Å². The van der Waals surface area contributed by atoms with Crippen LogP contribution in [0.4, 0.5) is 0 Å². The molecule has 2 rings (SSSR count). The number of nitrogens with one attached hydrogen (secondary N) is 1. The third-order valence-electron chi connectivity index (χ3n) is 1.63. The van der Waals surface area contributed by atoms with E-state index in [2.05, 4.69) is 4.72 Å². The summed E-state index contributed by atoms with van der Waals surface area (Å²) in [7, 11) is -1.19. The van der Waals surface area contributed by atoms with Crippen LogP contribution in [-0.2, 0) is 11.0 Å². The number of halogens is 1. The summed E-state index contributed by atoms with van der Waals surface area (Å²) in [6.45, 7) is 0.326. The second-order valence-corrected chi connectivity index (χ2v) is 5.60. The van der Waals surface area contributed by atoms with Crippen molar-refractivity contribution in [1.82, 2.24) is 4.72 Å². The van der Waals surface area contributed by atoms with E-state index in [4.69, 9.17) is 11.6 Å². The Labute approximate surface area is 81.0 Å². The smallest absolute Gasteiger partial charge is 0.135 e. The van der Waals surface area contributed by atoms with Crippen molar-refractivity contribution in [2.45, 2.75) is 10.3 Å². The zero-order chi connectivity index (χ0) is 8.72. The summed E-state index contributed by atoms with van der Waals surface area (Å²) in [6, 6.07) is 1.67. The van der Waals surface area contributed by atoms with Gasteiger partial charge in [0.15, 0.2) is 0 Å². The average molecular weight is 224 g/mol. The predicted molar refractivity (Wildman–Crippen MR) is 48.7 cm³/mol. The van der Waals surface area contributed by atoms with Crippen LogP contribution in [0.2, 0.25) is 4.34 Å². The van der Waals surface area contributed by atoms with Crippen LogP contribution in [0.5, 0.6) is 0 Å². The molecule has 12 heavy (non-hydrogen) atoms. The molecule has 0 radical (unpaired) electrons. The zero-order valence-electron chi connectivity index (χ0n) is 5.91. The molecule has 0 bridgehead atoms. The van der Waals surface area contributed by atoms with E-state index in [1.54, 1.807) is 6.07 Å². The van der Waals surface area contributed by atoms with Crippen molar-refractivity contribution < 1.29 is 9.32 Å². The molecular weight excluding hydrogens is 218 g/mol. The Kier molecular flexibility index (Phi) is 2.22. The van der Waals surface area contributed by atoms with E-state index in [9.17, 15) is 9.32 Å². The molecule has 0 spiro atoms. The molecule has 2 N–H and O–H groups in total. The number of aliphatic hydroxyl groups is 1. The maximum Gasteiger partial charge on any atom is 0.135 e. The summed E-state index contributed by atoms with van der Waals surface area (Å²) in [5.41, 5.74) is 0.696. The van der Waals surface area contributed by atoms with Crippen LogP contribution in [0.3, 0.4) is 0 Å². The van der Waals surface area contributed by atoms with Gasteiger partial charge in [-0.15, -0.1) is 11.3 Å². The number of thiophene rings is 1. The molecule has 0 fully saturated rings. The highest BCUT2D eigenvalue weighted by molar-refractivity contribution is 7.85. The molecule has 1 aliphatic heterocycles. The standard InChI is InChI=1S/C6H6ClNO2S2/c7-5-1-3-4(9)2-8-12(10)6(3)11-5/h1,4,8-9H,2H2. The van der Waals surface area contributed by atoms with E-state index in [-0.39, 0.29) is 0 Å². The summed E-state index contributed by atoms with van der Waals surface area (Å²) in [4.78, 5) is 0. The van der Waals surface area contributed by atoms with Crippen LogP contribution in [0.1, 0.15) is 11.7 Å². The summed E-state index contributed by atoms with van der Waals surface area (Å²) >= 11 is 6.97. The van der Waals surface area contributed by atoms with Gasteiger partial charge in [-0.25, -0.2) is 8.93 Å². The molecule has 0 aromatic carbocycles. The third-order valence-corrected chi connectivity index (χ3v) is 4.41. The summed E-state index contributed by atoms with van der Waals surface area (Å²) in [5, 5.41) is 9.44. The number of aliphatic hydroxyl groups excluding tert-OH is 1. The summed E-state index contributed by atoms with van der Waals surface area (Å²) < 4.78 is 15.2. The van der Waals surface area contributed by atoms with Crippen molar-refractivity contribution in [2.75, 3.05) is 6.54 Å². The SMILES string of the molecule is O=S1NCC(O)c2cc(Cl)sc21. The van der Waals surface area contributed by atoms with Crippen LogP contribution >= 0.6 is 22.9 Å². The lowest BCUT2D eigenvalue weighted by Gasteiger charge is -2.17. The van der Waals surface area contributed by atoms with Crippen molar-refractivity contribution in [3.63, 3.8) is 0 Å². The second kappa shape index (κ2) is 3.08. The lowest BCUT2D eigenvalue weighted by atomic mass is 10.2. The molecular formula is C6H6ClNO2S2. The fourth-order valence-corrected chi connectivity index (χ4v) is 3.83. The van der Waals surface area contributed by atoms with E-state index < -0.39 is 17.1 Å². The molecule has 1 aliphatic rings. The van der Waals surface area contributed by atoms with Gasteiger partial charge in [0.1, 0.15) is 15.2 Å². The first kappa shape index (κ1) is 8.65. The van der Waals surface area contributed by atoms with Crippen molar-refractivity contribution in [1.29, 1.82) is 0 Å². The molecule has 1 aromatic heterocycles. The highest BCUT2D eigenvalue weighted by atomic mass is 35.5. The lowest BCUT2D eigenvalue weighted by Crippen LogP contribution is -2.28. The Balaban J connectivity index is 2.54. The molecule has 66 valence electrons. The van der Waals surface area contributed by atoms with Crippen molar-refractivity contribution in [3.8, 4) is 0 Å². The van der Waals surface area contributed by atoms with E-state index in [1.807, 2.05) is 0 Å². The zero-order valence-corrected chi connectivity index (χ0v) is 8.30. The van der Waals surface area contributed by atoms with Gasteiger partial charge < -0.3 is 5.11 Å². The first-order chi connectivity index (χ1) is 5.68. The highest BCUT2D eigenvalue weighted by Gasteiger charge is 2.25. The molecule has 0 saturated carbocycles. The van der Waals surface area contributed by atoms with Gasteiger partial charge in [0, 0.05) is 12.1 Å². The van der Waals surface area contributed by atoms with Gasteiger partial charge in [-0.1, -0.05) is 11.6 Å². The Morgan fingerprint density at radius 1 is 1.83 bits per heavy atom. The first-order valence-corrected chi connectivity index (χ1v) is 5.65. The predicted octanol–water partition coefficient (Wildman–Crippen LogP) is 1.06. The van der Waals surface area contributed by atoms with Crippen LogP contribution < -0.4 is 4.72 Å². The lowest BCUT2D eigenvalue weighted by molar-refractivity contribution is 0.177. The Morgan fingerprint density at radius 2 is 2.58 bits per heavy atom. The number of β-amino-alcohol motifs (C(OH)–C–C–N with tert-alkyl or cyclic N) is 1. The number of fused-ring (bicyclic) bond motifs is 1. The van der Waals surface area contributed by atoms with Crippen LogP contribution in [0.15, 0.2) is 10.3 Å². The Hall–Kier alpha value is 0.0600. The highest BCUT2D eigenvalue weighted by Crippen LogP contribution is 2.35. The Morgan fingerprint density at radius 3 is 3.25 bits per heavy atom. The second-order valence-electron chi connectivity index (χ2n) is 2.43. The van der Waals surface area contributed by atoms with E-state index in [1.165, 1.54) is 11.3 Å². The van der Waals surface area contributed by atoms with Crippen molar-refractivity contribution >= 4 is 33.9 Å². The molecule has 3 nitrogen and oxygen atoms in total. The number of hydrogen-bond donors (Lipinski definition) is 2. The molecule has 2 unspecified atom stereocenters. The monoisotopic (exact) mass is 223 g/mol. The minimum absolute atomic E-state index is 0.326. The van der Waals surface area contributed by atoms with Gasteiger partial charge in [0.2, 0.25) is 0 Å². The van der Waals surface area contributed by atoms with E-state index in [0.29, 0.717) is 20.7 Å². The van der Waals surface area contributed by atoms with Crippen LogP contribution in [0, 0.1) is 0 Å². The quantitative estimate of drug-likeness (QED) is 0.691. The summed E-state index contributed by atoms with van der Waals surface area (Å²) in [5.74, 6) is 0. The van der Waals surface area contributed by atoms with Crippen molar-refractivity contribution in [3.05, 3.63) is 16.0 Å². The fourth-order valence-electron chi connectivity index (χ4n) is 1.07. The number of hydrogen-bond acceptors (Lipinski definition) is 3. The summed E-state index contributed by atoms with van der Waals surface area (Å²) in [6.07, 6.45) is -0.582.